The smallest absolute Gasteiger partial charge is 0.103 e. The van der Waals surface area contributed by atoms with Gasteiger partial charge >= 0.3 is 0 Å². The second kappa shape index (κ2) is 2.72. The molecule has 0 aromatic heterocycles. The molecule has 0 radical (unpaired) electrons. The van der Waals surface area contributed by atoms with Gasteiger partial charge in [0, 0.05) is 6.54 Å². The minimum absolute atomic E-state index is 0.816. The maximum absolute atomic E-state index is 4.19. The minimum atomic E-state index is 0.816. The van der Waals surface area contributed by atoms with Crippen LogP contribution >= 0.6 is 0 Å². The monoisotopic (exact) mass is 147 g/mol. The molecule has 0 atom stereocenters. The van der Waals surface area contributed by atoms with E-state index in [4.69, 9.17) is 0 Å². The zero-order valence-electron chi connectivity index (χ0n) is 6.04. The summed E-state index contributed by atoms with van der Waals surface area (Å²) in [6.45, 7) is 0.816. The molecule has 0 fully saturated rings. The molecule has 1 aliphatic rings. The van der Waals surface area contributed by atoms with Crippen molar-refractivity contribution >= 4 is 12.0 Å². The first-order chi connectivity index (χ1) is 5.47. The zero-order chi connectivity index (χ0) is 7.52. The molecule has 1 aliphatic heterocycles. The predicted molar refractivity (Wildman–Crippen MR) is 44.6 cm³/mol. The lowest BCUT2D eigenvalue weighted by atomic mass is 10.2. The molecule has 11 heavy (non-hydrogen) atoms. The number of hydrogen-bond donors (Lipinski definition) is 2. The third-order valence-corrected chi connectivity index (χ3v) is 1.64. The molecule has 0 bridgehead atoms. The van der Waals surface area contributed by atoms with Crippen molar-refractivity contribution in [1.29, 1.82) is 0 Å². The first-order valence-corrected chi connectivity index (χ1v) is 3.55. The lowest BCUT2D eigenvalue weighted by Gasteiger charge is -2.00. The van der Waals surface area contributed by atoms with Gasteiger partial charge in [0.05, 0.1) is 5.69 Å². The molecule has 0 saturated carbocycles. The Morgan fingerprint density at radius 2 is 2.18 bits per heavy atom. The van der Waals surface area contributed by atoms with Crippen LogP contribution in [-0.4, -0.2) is 6.34 Å². The van der Waals surface area contributed by atoms with Crippen LogP contribution in [0.4, 0.5) is 5.69 Å². The zero-order valence-corrected chi connectivity index (χ0v) is 6.04. The van der Waals surface area contributed by atoms with Crippen molar-refractivity contribution in [2.75, 3.05) is 0 Å². The van der Waals surface area contributed by atoms with Crippen molar-refractivity contribution in [3.05, 3.63) is 29.8 Å². The van der Waals surface area contributed by atoms with Gasteiger partial charge in [0.1, 0.15) is 6.34 Å². The predicted octanol–water partition coefficient (Wildman–Crippen LogP) is 0.954. The summed E-state index contributed by atoms with van der Waals surface area (Å²) < 4.78 is 0. The summed E-state index contributed by atoms with van der Waals surface area (Å²) >= 11 is 0. The summed E-state index contributed by atoms with van der Waals surface area (Å²) in [5.41, 5.74) is 8.11. The third-order valence-electron chi connectivity index (χ3n) is 1.64. The van der Waals surface area contributed by atoms with E-state index in [0.717, 1.165) is 12.2 Å². The molecule has 3 nitrogen and oxygen atoms in total. The highest BCUT2D eigenvalue weighted by atomic mass is 15.4. The maximum Gasteiger partial charge on any atom is 0.103 e. The molecule has 0 spiro atoms. The normalized spacial score (nSPS) is 14.9. The average Bonchev–Trinajstić information content (AvgIpc) is 2.28. The van der Waals surface area contributed by atoms with E-state index in [2.05, 4.69) is 21.9 Å². The van der Waals surface area contributed by atoms with E-state index < -0.39 is 0 Å². The number of para-hydroxylation sites is 1. The number of nitrogens with zero attached hydrogens (tertiary/aromatic N) is 1. The van der Waals surface area contributed by atoms with Crippen LogP contribution in [0.1, 0.15) is 5.56 Å². The molecule has 2 N–H and O–H groups in total. The highest BCUT2D eigenvalue weighted by Crippen LogP contribution is 2.17. The largest absolute Gasteiger partial charge is 0.312 e. The fourth-order valence-electron chi connectivity index (χ4n) is 1.08. The van der Waals surface area contributed by atoms with E-state index in [1.165, 1.54) is 5.56 Å². The van der Waals surface area contributed by atoms with Gasteiger partial charge in [0.25, 0.3) is 0 Å². The van der Waals surface area contributed by atoms with E-state index in [1.54, 1.807) is 6.34 Å². The van der Waals surface area contributed by atoms with E-state index in [1.807, 2.05) is 18.2 Å². The van der Waals surface area contributed by atoms with Crippen LogP contribution in [0.15, 0.2) is 29.3 Å². The van der Waals surface area contributed by atoms with Gasteiger partial charge in [-0.05, 0) is 11.6 Å². The summed E-state index contributed by atoms with van der Waals surface area (Å²) in [4.78, 5) is 4.19. The summed E-state index contributed by atoms with van der Waals surface area (Å²) in [5.74, 6) is 0. The van der Waals surface area contributed by atoms with Gasteiger partial charge in [-0.25, -0.2) is 10.4 Å². The Balaban J connectivity index is 2.45. The summed E-state index contributed by atoms with van der Waals surface area (Å²) in [6.07, 6.45) is 1.66. The van der Waals surface area contributed by atoms with Crippen LogP contribution in [-0.2, 0) is 6.54 Å². The van der Waals surface area contributed by atoms with Crippen LogP contribution in [0, 0.1) is 0 Å². The van der Waals surface area contributed by atoms with Crippen LogP contribution in [0.2, 0.25) is 0 Å². The standard InChI is InChI=1S/C8H9N3/c1-2-4-8-7(3-1)5-10-11-6-9-8/h1-4,6,10H,5H2,(H,9,11). The number of aliphatic imine (C=N–C) groups is 1. The highest BCUT2D eigenvalue weighted by molar-refractivity contribution is 5.63. The Bertz CT molecular complexity index is 280. The summed E-state index contributed by atoms with van der Waals surface area (Å²) in [7, 11) is 0. The van der Waals surface area contributed by atoms with Crippen LogP contribution in [0.25, 0.3) is 0 Å². The van der Waals surface area contributed by atoms with Crippen LogP contribution < -0.4 is 10.9 Å². The van der Waals surface area contributed by atoms with Gasteiger partial charge in [-0.1, -0.05) is 18.2 Å². The quantitative estimate of drug-likeness (QED) is 0.573. The average molecular weight is 147 g/mol. The number of hydrazine groups is 1. The Morgan fingerprint density at radius 3 is 3.18 bits per heavy atom. The van der Waals surface area contributed by atoms with Crippen molar-refractivity contribution in [3.63, 3.8) is 0 Å². The molecule has 1 aromatic rings. The lowest BCUT2D eigenvalue weighted by molar-refractivity contribution is 0.669. The molecule has 3 heteroatoms. The Morgan fingerprint density at radius 1 is 1.27 bits per heavy atom. The highest BCUT2D eigenvalue weighted by Gasteiger charge is 2.00. The first kappa shape index (κ1) is 6.37. The SMILES string of the molecule is C1=Nc2ccccc2CNN1. The number of benzene rings is 1. The van der Waals surface area contributed by atoms with Crippen molar-refractivity contribution in [3.8, 4) is 0 Å². The van der Waals surface area contributed by atoms with E-state index in [9.17, 15) is 0 Å². The Kier molecular flexibility index (Phi) is 1.57. The number of fused-ring (bicyclic) bond motifs is 1. The minimum Gasteiger partial charge on any atom is -0.312 e. The molecule has 0 amide bonds. The molecule has 1 heterocycles. The fraction of sp³-hybridized carbons (Fsp3) is 0.125. The van der Waals surface area contributed by atoms with Crippen LogP contribution in [0.5, 0.6) is 0 Å². The Labute approximate surface area is 65.1 Å². The molecule has 2 rings (SSSR count). The molecule has 1 aromatic carbocycles. The van der Waals surface area contributed by atoms with E-state index in [0.29, 0.717) is 0 Å². The molecular formula is C8H9N3. The number of hydrogen-bond acceptors (Lipinski definition) is 3. The van der Waals surface area contributed by atoms with Gasteiger partial charge in [0.15, 0.2) is 0 Å². The lowest BCUT2D eigenvalue weighted by Crippen LogP contribution is -2.28. The van der Waals surface area contributed by atoms with Gasteiger partial charge < -0.3 is 5.43 Å². The first-order valence-electron chi connectivity index (χ1n) is 3.55. The van der Waals surface area contributed by atoms with Gasteiger partial charge in [-0.2, -0.15) is 0 Å². The van der Waals surface area contributed by atoms with E-state index >= 15 is 0 Å². The second-order valence-electron chi connectivity index (χ2n) is 2.38. The van der Waals surface area contributed by atoms with Crippen molar-refractivity contribution in [1.82, 2.24) is 10.9 Å². The van der Waals surface area contributed by atoms with Gasteiger partial charge in [-0.3, -0.25) is 0 Å². The molecule has 56 valence electrons. The molecule has 0 aliphatic carbocycles. The van der Waals surface area contributed by atoms with Crippen LogP contribution in [0.3, 0.4) is 0 Å². The Hall–Kier alpha value is -1.35. The molecule has 0 saturated heterocycles. The van der Waals surface area contributed by atoms with Crippen molar-refractivity contribution < 1.29 is 0 Å². The third kappa shape index (κ3) is 1.23. The van der Waals surface area contributed by atoms with E-state index in [-0.39, 0.29) is 0 Å². The van der Waals surface area contributed by atoms with Crippen molar-refractivity contribution in [2.24, 2.45) is 4.99 Å². The van der Waals surface area contributed by atoms with Crippen molar-refractivity contribution in [2.45, 2.75) is 6.54 Å². The number of nitrogens with one attached hydrogen (secondary N) is 2. The fourth-order valence-corrected chi connectivity index (χ4v) is 1.08. The van der Waals surface area contributed by atoms with Gasteiger partial charge in [0.2, 0.25) is 0 Å². The van der Waals surface area contributed by atoms with Gasteiger partial charge in [-0.15, -0.1) is 0 Å². The molecule has 0 unspecified atom stereocenters. The summed E-state index contributed by atoms with van der Waals surface area (Å²) in [5, 5.41) is 0. The topological polar surface area (TPSA) is 36.4 Å². The summed E-state index contributed by atoms with van der Waals surface area (Å²) in [6, 6.07) is 8.07. The second-order valence-corrected chi connectivity index (χ2v) is 2.38. The maximum atomic E-state index is 4.19. The number of rotatable bonds is 0. The molecular weight excluding hydrogens is 138 g/mol.